The summed E-state index contributed by atoms with van der Waals surface area (Å²) in [6, 6.07) is 14.1. The first kappa shape index (κ1) is 16.0. The number of carbonyl (C=O) groups excluding carboxylic acids is 1. The van der Waals surface area contributed by atoms with Crippen LogP contribution in [0.4, 0.5) is 5.69 Å². The molecule has 0 unspecified atom stereocenters. The van der Waals surface area contributed by atoms with E-state index in [-0.39, 0.29) is 5.91 Å². The van der Waals surface area contributed by atoms with Gasteiger partial charge in [-0.3, -0.25) is 4.79 Å². The molecule has 0 heterocycles. The van der Waals surface area contributed by atoms with Crippen LogP contribution < -0.4 is 5.32 Å². The molecule has 114 valence electrons. The Morgan fingerprint density at radius 3 is 2.36 bits per heavy atom. The van der Waals surface area contributed by atoms with Gasteiger partial charge in [0, 0.05) is 11.8 Å². The van der Waals surface area contributed by atoms with Crippen LogP contribution in [-0.4, -0.2) is 5.91 Å². The lowest BCUT2D eigenvalue weighted by atomic mass is 9.97. The largest absolute Gasteiger partial charge is 0.322 e. The number of nitrogens with one attached hydrogen (secondary N) is 1. The number of rotatable bonds is 4. The van der Waals surface area contributed by atoms with E-state index in [1.807, 2.05) is 49.4 Å². The first-order valence-electron chi connectivity index (χ1n) is 7.62. The summed E-state index contributed by atoms with van der Waals surface area (Å²) in [5, 5.41) is 2.96. The molecule has 0 radical (unpaired) electrons. The first-order valence-corrected chi connectivity index (χ1v) is 7.62. The highest BCUT2D eigenvalue weighted by atomic mass is 16.1. The van der Waals surface area contributed by atoms with Crippen molar-refractivity contribution in [2.45, 2.75) is 33.6 Å². The van der Waals surface area contributed by atoms with E-state index in [9.17, 15) is 4.79 Å². The van der Waals surface area contributed by atoms with Gasteiger partial charge in [0.15, 0.2) is 0 Å². The minimum atomic E-state index is -0.107. The maximum atomic E-state index is 12.1. The fraction of sp³-hybridized carbons (Fsp3) is 0.250. The van der Waals surface area contributed by atoms with Gasteiger partial charge in [-0.25, -0.2) is 0 Å². The third kappa shape index (κ3) is 4.08. The molecule has 0 aliphatic rings. The third-order valence-electron chi connectivity index (χ3n) is 3.76. The molecule has 1 N–H and O–H groups in total. The summed E-state index contributed by atoms with van der Waals surface area (Å²) in [5.74, 6) is 0.338. The summed E-state index contributed by atoms with van der Waals surface area (Å²) in [7, 11) is 0. The minimum absolute atomic E-state index is 0.107. The number of hydrogen-bond acceptors (Lipinski definition) is 1. The van der Waals surface area contributed by atoms with Crippen LogP contribution in [0.1, 0.15) is 42.0 Å². The molecular formula is C20H23NO. The van der Waals surface area contributed by atoms with Gasteiger partial charge in [-0.15, -0.1) is 0 Å². The van der Waals surface area contributed by atoms with Gasteiger partial charge >= 0.3 is 0 Å². The van der Waals surface area contributed by atoms with Gasteiger partial charge in [0.1, 0.15) is 0 Å². The second-order valence-electron chi connectivity index (χ2n) is 5.91. The lowest BCUT2D eigenvalue weighted by Crippen LogP contribution is -2.10. The van der Waals surface area contributed by atoms with E-state index in [1.165, 1.54) is 11.1 Å². The van der Waals surface area contributed by atoms with Crippen LogP contribution >= 0.6 is 0 Å². The molecule has 0 aliphatic carbocycles. The van der Waals surface area contributed by atoms with Gasteiger partial charge in [-0.2, -0.15) is 0 Å². The molecule has 2 rings (SSSR count). The molecule has 0 fully saturated rings. The zero-order valence-electron chi connectivity index (χ0n) is 13.7. The smallest absolute Gasteiger partial charge is 0.248 e. The number of amides is 1. The second-order valence-corrected chi connectivity index (χ2v) is 5.91. The van der Waals surface area contributed by atoms with Gasteiger partial charge in [0.2, 0.25) is 5.91 Å². The Hall–Kier alpha value is -2.35. The SMILES string of the molecule is Cc1ccc(/C=C/C(=O)Nc2cccc(C(C)C)c2C)cc1. The Kier molecular flexibility index (Phi) is 5.16. The zero-order valence-corrected chi connectivity index (χ0v) is 13.7. The lowest BCUT2D eigenvalue weighted by Gasteiger charge is -2.14. The average molecular weight is 293 g/mol. The van der Waals surface area contributed by atoms with Gasteiger partial charge in [0.25, 0.3) is 0 Å². The van der Waals surface area contributed by atoms with Gasteiger partial charge in [-0.1, -0.05) is 55.8 Å². The van der Waals surface area contributed by atoms with Crippen LogP contribution in [0.5, 0.6) is 0 Å². The van der Waals surface area contributed by atoms with E-state index in [0.29, 0.717) is 5.92 Å². The van der Waals surface area contributed by atoms with Crippen molar-refractivity contribution in [2.24, 2.45) is 0 Å². The summed E-state index contributed by atoms with van der Waals surface area (Å²) in [5.41, 5.74) is 5.51. The Balaban J connectivity index is 2.09. The molecule has 0 spiro atoms. The van der Waals surface area contributed by atoms with Crippen LogP contribution in [0, 0.1) is 13.8 Å². The van der Waals surface area contributed by atoms with E-state index in [2.05, 4.69) is 32.2 Å². The second kappa shape index (κ2) is 7.08. The molecule has 0 saturated carbocycles. The van der Waals surface area contributed by atoms with Crippen LogP contribution in [0.25, 0.3) is 6.08 Å². The summed E-state index contributed by atoms with van der Waals surface area (Å²) < 4.78 is 0. The van der Waals surface area contributed by atoms with Crippen LogP contribution in [0.3, 0.4) is 0 Å². The Morgan fingerprint density at radius 2 is 1.73 bits per heavy atom. The minimum Gasteiger partial charge on any atom is -0.322 e. The summed E-state index contributed by atoms with van der Waals surface area (Å²) in [6.07, 6.45) is 3.41. The molecular weight excluding hydrogens is 270 g/mol. The van der Waals surface area contributed by atoms with Crippen molar-refractivity contribution >= 4 is 17.7 Å². The molecule has 2 aromatic rings. The van der Waals surface area contributed by atoms with Crippen LogP contribution in [0.15, 0.2) is 48.5 Å². The molecule has 0 atom stereocenters. The highest BCUT2D eigenvalue weighted by molar-refractivity contribution is 6.02. The fourth-order valence-corrected chi connectivity index (χ4v) is 2.44. The molecule has 0 saturated heterocycles. The topological polar surface area (TPSA) is 29.1 Å². The molecule has 0 bridgehead atoms. The van der Waals surface area contributed by atoms with Crippen molar-refractivity contribution in [1.82, 2.24) is 0 Å². The van der Waals surface area contributed by atoms with Crippen molar-refractivity contribution in [3.05, 3.63) is 70.8 Å². The predicted molar refractivity (Wildman–Crippen MR) is 94.1 cm³/mol. The molecule has 0 aromatic heterocycles. The van der Waals surface area contributed by atoms with Crippen molar-refractivity contribution in [3.8, 4) is 0 Å². The number of hydrogen-bond donors (Lipinski definition) is 1. The molecule has 2 nitrogen and oxygen atoms in total. The quantitative estimate of drug-likeness (QED) is 0.783. The standard InChI is InChI=1S/C20H23NO/c1-14(2)18-6-5-7-19(16(18)4)21-20(22)13-12-17-10-8-15(3)9-11-17/h5-14H,1-4H3,(H,21,22)/b13-12+. The van der Waals surface area contributed by atoms with Crippen LogP contribution in [-0.2, 0) is 4.79 Å². The van der Waals surface area contributed by atoms with Crippen LogP contribution in [0.2, 0.25) is 0 Å². The van der Waals surface area contributed by atoms with E-state index in [0.717, 1.165) is 16.8 Å². The summed E-state index contributed by atoms with van der Waals surface area (Å²) in [6.45, 7) is 8.41. The Labute approximate surface area is 132 Å². The summed E-state index contributed by atoms with van der Waals surface area (Å²) >= 11 is 0. The molecule has 2 heteroatoms. The Bertz CT molecular complexity index is 681. The van der Waals surface area contributed by atoms with E-state index < -0.39 is 0 Å². The average Bonchev–Trinajstić information content (AvgIpc) is 2.48. The predicted octanol–water partition coefficient (Wildman–Crippen LogP) is 5.08. The molecule has 0 aliphatic heterocycles. The van der Waals surface area contributed by atoms with Gasteiger partial charge in [-0.05, 0) is 48.6 Å². The normalized spacial score (nSPS) is 11.1. The highest BCUT2D eigenvalue weighted by Gasteiger charge is 2.08. The van der Waals surface area contributed by atoms with E-state index >= 15 is 0 Å². The number of aryl methyl sites for hydroxylation is 1. The number of carbonyl (C=O) groups is 1. The van der Waals surface area contributed by atoms with Crippen molar-refractivity contribution in [2.75, 3.05) is 5.32 Å². The van der Waals surface area contributed by atoms with E-state index in [1.54, 1.807) is 6.08 Å². The Morgan fingerprint density at radius 1 is 1.05 bits per heavy atom. The van der Waals surface area contributed by atoms with Crippen molar-refractivity contribution < 1.29 is 4.79 Å². The maximum Gasteiger partial charge on any atom is 0.248 e. The van der Waals surface area contributed by atoms with Gasteiger partial charge in [0.05, 0.1) is 0 Å². The number of benzene rings is 2. The van der Waals surface area contributed by atoms with Crippen molar-refractivity contribution in [3.63, 3.8) is 0 Å². The number of anilines is 1. The first-order chi connectivity index (χ1) is 10.5. The lowest BCUT2D eigenvalue weighted by molar-refractivity contribution is -0.111. The maximum absolute atomic E-state index is 12.1. The molecule has 1 amide bonds. The van der Waals surface area contributed by atoms with Gasteiger partial charge < -0.3 is 5.32 Å². The van der Waals surface area contributed by atoms with E-state index in [4.69, 9.17) is 0 Å². The molecule has 2 aromatic carbocycles. The summed E-state index contributed by atoms with van der Waals surface area (Å²) in [4.78, 5) is 12.1. The fourth-order valence-electron chi connectivity index (χ4n) is 2.44. The third-order valence-corrected chi connectivity index (χ3v) is 3.76. The van der Waals surface area contributed by atoms with Crippen molar-refractivity contribution in [1.29, 1.82) is 0 Å². The zero-order chi connectivity index (χ0) is 16.1. The highest BCUT2D eigenvalue weighted by Crippen LogP contribution is 2.25. The monoisotopic (exact) mass is 293 g/mol. The molecule has 22 heavy (non-hydrogen) atoms.